The maximum atomic E-state index is 5.30. The van der Waals surface area contributed by atoms with Crippen LogP contribution in [-0.2, 0) is 0 Å². The first-order valence-electron chi connectivity index (χ1n) is 2.93. The predicted molar refractivity (Wildman–Crippen MR) is 54.4 cm³/mol. The summed E-state index contributed by atoms with van der Waals surface area (Å²) < 4.78 is 2.60. The molecule has 0 rings (SSSR count). The number of thiocarbonyl (C=S) groups is 1. The fourth-order valence-electron chi connectivity index (χ4n) is 0.480. The summed E-state index contributed by atoms with van der Waals surface area (Å²) in [6, 6.07) is 0. The fourth-order valence-corrected chi connectivity index (χ4v) is 1.31. The molecule has 0 radical (unpaired) electrons. The van der Waals surface area contributed by atoms with E-state index >= 15 is 0 Å². The topological polar surface area (TPSA) is 29.3 Å². The van der Waals surface area contributed by atoms with Crippen molar-refractivity contribution in [2.75, 3.05) is 13.1 Å². The minimum atomic E-state index is 0. The van der Waals surface area contributed by atoms with E-state index in [-0.39, 0.29) is 29.6 Å². The molecule has 56 valence electrons. The van der Waals surface area contributed by atoms with E-state index in [4.69, 9.17) is 18.0 Å². The van der Waals surface area contributed by atoms with E-state index in [9.17, 15) is 0 Å². The third-order valence-electron chi connectivity index (χ3n) is 0.924. The molecule has 0 aliphatic carbocycles. The molecule has 0 saturated carbocycles. The Morgan fingerprint density at radius 3 is 2.00 bits per heavy atom. The van der Waals surface area contributed by atoms with Crippen molar-refractivity contribution in [3.63, 3.8) is 0 Å². The Morgan fingerprint density at radius 1 is 1.50 bits per heavy atom. The standard InChI is InChI=1S/C5H12N2S2.Na.H/c1-3-7(4-2)9-5(6)8;;/h3-4H2,1-2H3,(H2,6,8);;. The second-order valence-corrected chi connectivity index (χ2v) is 3.36. The molecule has 0 aliphatic rings. The monoisotopic (exact) mass is 188 g/mol. The van der Waals surface area contributed by atoms with Crippen molar-refractivity contribution >= 4 is 58.0 Å². The summed E-state index contributed by atoms with van der Waals surface area (Å²) in [5, 5.41) is 0. The van der Waals surface area contributed by atoms with E-state index in [1.54, 1.807) is 0 Å². The quantitative estimate of drug-likeness (QED) is 0.398. The summed E-state index contributed by atoms with van der Waals surface area (Å²) in [5.74, 6) is 0. The van der Waals surface area contributed by atoms with Crippen molar-refractivity contribution in [3.05, 3.63) is 0 Å². The summed E-state index contributed by atoms with van der Waals surface area (Å²) in [6.45, 7) is 6.13. The van der Waals surface area contributed by atoms with E-state index < -0.39 is 0 Å². The third-order valence-corrected chi connectivity index (χ3v) is 2.10. The zero-order valence-electron chi connectivity index (χ0n) is 5.76. The molecule has 0 amide bonds. The van der Waals surface area contributed by atoms with Gasteiger partial charge in [-0.25, -0.2) is 4.31 Å². The normalized spacial score (nSPS) is 9.10. The van der Waals surface area contributed by atoms with E-state index in [1.165, 1.54) is 11.9 Å². The summed E-state index contributed by atoms with van der Waals surface area (Å²) in [5.41, 5.74) is 5.30. The molecule has 0 unspecified atom stereocenters. The van der Waals surface area contributed by atoms with Crippen LogP contribution >= 0.6 is 24.2 Å². The van der Waals surface area contributed by atoms with Gasteiger partial charge in [0.05, 0.1) is 0 Å². The van der Waals surface area contributed by atoms with Crippen LogP contribution < -0.4 is 5.73 Å². The van der Waals surface area contributed by atoms with E-state index in [0.717, 1.165) is 13.1 Å². The molecular formula is C5H13N2NaS2. The molecule has 5 heteroatoms. The molecule has 0 fully saturated rings. The van der Waals surface area contributed by atoms with Gasteiger partial charge in [0, 0.05) is 13.1 Å². The number of hydrogen-bond acceptors (Lipinski definition) is 3. The second kappa shape index (κ2) is 8.30. The van der Waals surface area contributed by atoms with Crippen molar-refractivity contribution in [2.45, 2.75) is 13.8 Å². The Hall–Kier alpha value is 1.20. The Morgan fingerprint density at radius 2 is 1.90 bits per heavy atom. The second-order valence-electron chi connectivity index (χ2n) is 1.52. The van der Waals surface area contributed by atoms with Crippen LogP contribution in [0.15, 0.2) is 0 Å². The Labute approximate surface area is 94.3 Å². The molecule has 0 heterocycles. The van der Waals surface area contributed by atoms with Crippen molar-refractivity contribution in [1.82, 2.24) is 4.31 Å². The van der Waals surface area contributed by atoms with Gasteiger partial charge in [0.25, 0.3) is 0 Å². The van der Waals surface area contributed by atoms with Gasteiger partial charge >= 0.3 is 29.6 Å². The molecule has 2 N–H and O–H groups in total. The molecule has 0 saturated heterocycles. The zero-order chi connectivity index (χ0) is 7.28. The summed E-state index contributed by atoms with van der Waals surface area (Å²) >= 11 is 6.15. The molecule has 0 aromatic rings. The molecule has 0 aromatic heterocycles. The Bertz CT molecular complexity index is 95.6. The Balaban J connectivity index is 0. The summed E-state index contributed by atoms with van der Waals surface area (Å²) in [6.07, 6.45) is 0. The van der Waals surface area contributed by atoms with Gasteiger partial charge in [-0.05, 0) is 11.9 Å². The molecule has 0 bridgehead atoms. The van der Waals surface area contributed by atoms with Gasteiger partial charge in [0.1, 0.15) is 4.32 Å². The zero-order valence-corrected chi connectivity index (χ0v) is 7.39. The SMILES string of the molecule is CCN(CC)SC(N)=S.[NaH]. The first-order chi connectivity index (χ1) is 4.20. The molecule has 10 heavy (non-hydrogen) atoms. The first-order valence-corrected chi connectivity index (χ1v) is 4.11. The number of nitrogens with two attached hydrogens (primary N) is 1. The van der Waals surface area contributed by atoms with E-state index in [1.807, 2.05) is 0 Å². The fraction of sp³-hybridized carbons (Fsp3) is 0.800. The van der Waals surface area contributed by atoms with Crippen molar-refractivity contribution in [3.8, 4) is 0 Å². The molecule has 0 aliphatic heterocycles. The molecule has 0 spiro atoms. The van der Waals surface area contributed by atoms with Gasteiger partial charge in [0.15, 0.2) is 0 Å². The minimum absolute atomic E-state index is 0. The molecular weight excluding hydrogens is 175 g/mol. The average molecular weight is 188 g/mol. The average Bonchev–Trinajstić information content (AvgIpc) is 1.82. The van der Waals surface area contributed by atoms with E-state index in [0.29, 0.717) is 4.32 Å². The number of nitrogens with zero attached hydrogens (tertiary/aromatic N) is 1. The van der Waals surface area contributed by atoms with Crippen LogP contribution in [-0.4, -0.2) is 51.3 Å². The predicted octanol–water partition coefficient (Wildman–Crippen LogP) is 0.572. The first kappa shape index (κ1) is 13.8. The van der Waals surface area contributed by atoms with Crippen LogP contribution in [0.1, 0.15) is 13.8 Å². The molecule has 2 nitrogen and oxygen atoms in total. The van der Waals surface area contributed by atoms with Crippen LogP contribution in [0.3, 0.4) is 0 Å². The molecule has 0 atom stereocenters. The van der Waals surface area contributed by atoms with Crippen LogP contribution in [0.25, 0.3) is 0 Å². The van der Waals surface area contributed by atoms with Crippen molar-refractivity contribution in [2.24, 2.45) is 5.73 Å². The Kier molecular flexibility index (Phi) is 11.4. The van der Waals surface area contributed by atoms with Crippen molar-refractivity contribution in [1.29, 1.82) is 0 Å². The van der Waals surface area contributed by atoms with Crippen LogP contribution in [0.2, 0.25) is 0 Å². The van der Waals surface area contributed by atoms with Crippen LogP contribution in [0.5, 0.6) is 0 Å². The summed E-state index contributed by atoms with van der Waals surface area (Å²) in [4.78, 5) is 0. The van der Waals surface area contributed by atoms with Gasteiger partial charge in [-0.3, -0.25) is 0 Å². The van der Waals surface area contributed by atoms with Crippen molar-refractivity contribution < 1.29 is 0 Å². The van der Waals surface area contributed by atoms with Gasteiger partial charge in [0.2, 0.25) is 0 Å². The molecule has 0 aromatic carbocycles. The maximum absolute atomic E-state index is 5.30. The van der Waals surface area contributed by atoms with E-state index in [2.05, 4.69) is 18.2 Å². The van der Waals surface area contributed by atoms with Crippen LogP contribution in [0, 0.1) is 0 Å². The summed E-state index contributed by atoms with van der Waals surface area (Å²) in [7, 11) is 0. The van der Waals surface area contributed by atoms with Gasteiger partial charge < -0.3 is 5.73 Å². The third kappa shape index (κ3) is 7.31. The number of rotatable bonds is 3. The van der Waals surface area contributed by atoms with Gasteiger partial charge in [-0.1, -0.05) is 26.1 Å². The number of hydrogen-bond donors (Lipinski definition) is 1. The van der Waals surface area contributed by atoms with Gasteiger partial charge in [-0.2, -0.15) is 0 Å². The van der Waals surface area contributed by atoms with Gasteiger partial charge in [-0.15, -0.1) is 0 Å². The van der Waals surface area contributed by atoms with Crippen LogP contribution in [0.4, 0.5) is 0 Å².